The summed E-state index contributed by atoms with van der Waals surface area (Å²) in [4.78, 5) is 23.6. The third-order valence-corrected chi connectivity index (χ3v) is 8.79. The molecule has 4 aromatic heterocycles. The maximum Gasteiger partial charge on any atom is 0.265 e. The Labute approximate surface area is 249 Å². The van der Waals surface area contributed by atoms with E-state index in [9.17, 15) is 4.79 Å². The van der Waals surface area contributed by atoms with Crippen molar-refractivity contribution in [3.8, 4) is 28.1 Å². The van der Waals surface area contributed by atoms with E-state index >= 15 is 4.39 Å². The maximum atomic E-state index is 15.1. The first-order chi connectivity index (χ1) is 20.3. The van der Waals surface area contributed by atoms with Crippen molar-refractivity contribution in [1.82, 2.24) is 24.1 Å². The molecule has 2 N–H and O–H groups in total. The summed E-state index contributed by atoms with van der Waals surface area (Å²) in [5, 5.41) is 7.69. The Morgan fingerprint density at radius 1 is 1.10 bits per heavy atom. The lowest BCUT2D eigenvalue weighted by molar-refractivity contribution is 0.231. The van der Waals surface area contributed by atoms with Crippen LogP contribution in [0.3, 0.4) is 0 Å². The molecule has 11 heteroatoms. The van der Waals surface area contributed by atoms with Gasteiger partial charge in [0.05, 0.1) is 23.1 Å². The standard InChI is InChI=1S/C31H26ClFN6O2S/c1-16(2)41-22-11-10-19(12-21(22)33)27-26-29(34)35-15-36-30(26)39(37-27)28(18-8-9-18)20-13-24-38(23(32)14-42-24)31(40)25(20)17-6-4-3-5-7-17/h3-7,10-16,18,28H,8-9H2,1-2H3,(H2,34,35,36). The molecule has 0 saturated heterocycles. The Kier molecular flexibility index (Phi) is 6.47. The topological polar surface area (TPSA) is 100 Å². The quantitative estimate of drug-likeness (QED) is 0.212. The number of nitrogens with zero attached hydrogens (tertiary/aromatic N) is 5. The van der Waals surface area contributed by atoms with Crippen LogP contribution in [-0.4, -0.2) is 30.3 Å². The molecule has 2 aromatic carbocycles. The molecule has 0 radical (unpaired) electrons. The first-order valence-electron chi connectivity index (χ1n) is 13.6. The van der Waals surface area contributed by atoms with Crippen molar-refractivity contribution in [2.24, 2.45) is 5.92 Å². The first kappa shape index (κ1) is 26.6. The van der Waals surface area contributed by atoms with Gasteiger partial charge in [-0.25, -0.2) is 19.0 Å². The van der Waals surface area contributed by atoms with Crippen molar-refractivity contribution >= 4 is 44.6 Å². The third-order valence-electron chi connectivity index (χ3n) is 7.49. The van der Waals surface area contributed by atoms with Gasteiger partial charge in [-0.2, -0.15) is 5.10 Å². The van der Waals surface area contributed by atoms with E-state index in [2.05, 4.69) is 9.97 Å². The summed E-state index contributed by atoms with van der Waals surface area (Å²) in [6.45, 7) is 3.69. The van der Waals surface area contributed by atoms with Crippen molar-refractivity contribution in [3.05, 3.63) is 93.2 Å². The van der Waals surface area contributed by atoms with Gasteiger partial charge < -0.3 is 10.5 Å². The predicted molar refractivity (Wildman–Crippen MR) is 164 cm³/mol. The number of aromatic nitrogens is 5. The zero-order valence-corrected chi connectivity index (χ0v) is 24.4. The molecule has 8 nitrogen and oxygen atoms in total. The Bertz CT molecular complexity index is 2030. The SMILES string of the molecule is CC(C)Oc1ccc(-c2nn(C(c3cc4scc(Cl)n4c(=O)c3-c3ccccc3)C3CC3)c3ncnc(N)c23)cc1F. The van der Waals surface area contributed by atoms with Crippen LogP contribution in [0.5, 0.6) is 5.75 Å². The smallest absolute Gasteiger partial charge is 0.265 e. The van der Waals surface area contributed by atoms with Crippen LogP contribution in [0, 0.1) is 11.7 Å². The number of halogens is 2. The number of ether oxygens (including phenoxy) is 1. The number of fused-ring (bicyclic) bond motifs is 2. The molecule has 1 aliphatic rings. The molecule has 0 amide bonds. The summed E-state index contributed by atoms with van der Waals surface area (Å²) in [6.07, 6.45) is 3.14. The molecule has 1 unspecified atom stereocenters. The second-order valence-corrected chi connectivity index (χ2v) is 12.0. The van der Waals surface area contributed by atoms with Crippen molar-refractivity contribution < 1.29 is 9.13 Å². The largest absolute Gasteiger partial charge is 0.488 e. The summed E-state index contributed by atoms with van der Waals surface area (Å²) >= 11 is 7.87. The maximum absolute atomic E-state index is 15.1. The van der Waals surface area contributed by atoms with Gasteiger partial charge in [0, 0.05) is 10.9 Å². The van der Waals surface area contributed by atoms with E-state index in [0.29, 0.717) is 33.0 Å². The number of anilines is 1. The fourth-order valence-electron chi connectivity index (χ4n) is 5.57. The van der Waals surface area contributed by atoms with Crippen LogP contribution in [-0.2, 0) is 0 Å². The van der Waals surface area contributed by atoms with Crippen LogP contribution in [0.25, 0.3) is 38.2 Å². The molecular weight excluding hydrogens is 575 g/mol. The molecule has 7 rings (SSSR count). The van der Waals surface area contributed by atoms with Crippen LogP contribution in [0.2, 0.25) is 5.15 Å². The molecule has 1 aliphatic carbocycles. The second-order valence-electron chi connectivity index (χ2n) is 10.7. The van der Waals surface area contributed by atoms with Gasteiger partial charge in [-0.3, -0.25) is 9.20 Å². The van der Waals surface area contributed by atoms with E-state index < -0.39 is 5.82 Å². The van der Waals surface area contributed by atoms with Crippen LogP contribution in [0.15, 0.2) is 71.1 Å². The van der Waals surface area contributed by atoms with Crippen molar-refractivity contribution in [2.45, 2.75) is 38.8 Å². The van der Waals surface area contributed by atoms with Crippen molar-refractivity contribution in [2.75, 3.05) is 5.73 Å². The number of benzene rings is 2. The van der Waals surface area contributed by atoms with Crippen molar-refractivity contribution in [1.29, 1.82) is 0 Å². The van der Waals surface area contributed by atoms with E-state index in [-0.39, 0.29) is 35.2 Å². The number of pyridine rings is 1. The number of nitrogens with two attached hydrogens (primary N) is 1. The molecule has 0 bridgehead atoms. The van der Waals surface area contributed by atoms with Gasteiger partial charge in [-0.05, 0) is 68.0 Å². The fraction of sp³-hybridized carbons (Fsp3) is 0.226. The lowest BCUT2D eigenvalue weighted by atomic mass is 9.94. The van der Waals surface area contributed by atoms with E-state index in [1.165, 1.54) is 23.7 Å². The van der Waals surface area contributed by atoms with Gasteiger partial charge >= 0.3 is 0 Å². The van der Waals surface area contributed by atoms with Crippen LogP contribution >= 0.6 is 22.9 Å². The molecule has 1 saturated carbocycles. The Hall–Kier alpha value is -4.28. The lowest BCUT2D eigenvalue weighted by Gasteiger charge is -2.22. The first-order valence-corrected chi connectivity index (χ1v) is 14.9. The predicted octanol–water partition coefficient (Wildman–Crippen LogP) is 7.00. The average Bonchev–Trinajstić information content (AvgIpc) is 3.62. The highest BCUT2D eigenvalue weighted by Gasteiger charge is 2.39. The summed E-state index contributed by atoms with van der Waals surface area (Å²) in [7, 11) is 0. The zero-order valence-electron chi connectivity index (χ0n) is 22.8. The van der Waals surface area contributed by atoms with Crippen molar-refractivity contribution in [3.63, 3.8) is 0 Å². The number of hydrogen-bond donors (Lipinski definition) is 1. The highest BCUT2D eigenvalue weighted by Crippen LogP contribution is 2.48. The van der Waals surface area contributed by atoms with E-state index in [1.807, 2.05) is 54.9 Å². The highest BCUT2D eigenvalue weighted by atomic mass is 35.5. The summed E-state index contributed by atoms with van der Waals surface area (Å²) < 4.78 is 24.1. The molecule has 6 aromatic rings. The van der Waals surface area contributed by atoms with E-state index in [4.69, 9.17) is 27.2 Å². The average molecular weight is 601 g/mol. The van der Waals surface area contributed by atoms with E-state index in [1.54, 1.807) is 21.9 Å². The summed E-state index contributed by atoms with van der Waals surface area (Å²) in [5.74, 6) is 0.101. The van der Waals surface area contributed by atoms with Gasteiger partial charge in [0.2, 0.25) is 0 Å². The number of thiazole rings is 1. The van der Waals surface area contributed by atoms with Gasteiger partial charge in [0.15, 0.2) is 17.2 Å². The number of nitrogen functional groups attached to an aromatic ring is 1. The minimum absolute atomic E-state index is 0.161. The van der Waals surface area contributed by atoms with Gasteiger partial charge in [-0.15, -0.1) is 11.3 Å². The lowest BCUT2D eigenvalue weighted by Crippen LogP contribution is -2.23. The molecule has 1 atom stereocenters. The Morgan fingerprint density at radius 3 is 2.60 bits per heavy atom. The highest BCUT2D eigenvalue weighted by molar-refractivity contribution is 7.16. The Morgan fingerprint density at radius 2 is 1.88 bits per heavy atom. The normalized spacial score (nSPS) is 14.2. The minimum Gasteiger partial charge on any atom is -0.488 e. The van der Waals surface area contributed by atoms with Crippen LogP contribution in [0.1, 0.15) is 38.3 Å². The molecule has 42 heavy (non-hydrogen) atoms. The minimum atomic E-state index is -0.502. The van der Waals surface area contributed by atoms with Gasteiger partial charge in [-0.1, -0.05) is 41.9 Å². The molecule has 212 valence electrons. The van der Waals surface area contributed by atoms with Gasteiger partial charge in [0.1, 0.15) is 27.8 Å². The fourth-order valence-corrected chi connectivity index (χ4v) is 6.73. The summed E-state index contributed by atoms with van der Waals surface area (Å²) in [5.41, 5.74) is 9.87. The number of hydrogen-bond acceptors (Lipinski definition) is 7. The molecule has 0 spiro atoms. The second kappa shape index (κ2) is 10.2. The molecule has 1 fully saturated rings. The van der Waals surface area contributed by atoms with E-state index in [0.717, 1.165) is 28.8 Å². The molecule has 0 aliphatic heterocycles. The van der Waals surface area contributed by atoms with Crippen LogP contribution in [0.4, 0.5) is 10.2 Å². The Balaban J connectivity index is 1.49. The molecule has 4 heterocycles. The molecular formula is C31H26ClFN6O2S. The van der Waals surface area contributed by atoms with Crippen LogP contribution < -0.4 is 16.0 Å². The number of rotatable bonds is 7. The monoisotopic (exact) mass is 600 g/mol. The van der Waals surface area contributed by atoms with Gasteiger partial charge in [0.25, 0.3) is 5.56 Å². The summed E-state index contributed by atoms with van der Waals surface area (Å²) in [6, 6.07) is 16.0. The zero-order chi connectivity index (χ0) is 29.1. The third kappa shape index (κ3) is 4.42.